The maximum absolute atomic E-state index is 15.0. The molecule has 0 spiro atoms. The number of H-pyrrole nitrogens is 1. The number of carboxylic acid groups (broad SMARTS) is 2. The molecule has 1 saturated heterocycles. The number of hydrogen-bond acceptors (Lipinski definition) is 16. The third-order valence-electron chi connectivity index (χ3n) is 14.8. The van der Waals surface area contributed by atoms with Crippen molar-refractivity contribution in [2.45, 2.75) is 125 Å². The first-order valence-electron chi connectivity index (χ1n) is 29.4. The number of amides is 8. The zero-order valence-corrected chi connectivity index (χ0v) is 50.8. The van der Waals surface area contributed by atoms with Crippen molar-refractivity contribution in [1.82, 2.24) is 52.1 Å². The van der Waals surface area contributed by atoms with E-state index in [2.05, 4.69) is 52.2 Å². The van der Waals surface area contributed by atoms with Gasteiger partial charge in [-0.25, -0.2) is 9.78 Å². The molecule has 5 aromatic rings. The second kappa shape index (κ2) is 35.2. The van der Waals surface area contributed by atoms with Gasteiger partial charge in [-0.05, 0) is 97.1 Å². The highest BCUT2D eigenvalue weighted by atomic mass is 32.2. The number of carbonyl (C=O) groups is 10. The Kier molecular flexibility index (Phi) is 27.1. The number of carbonyl (C=O) groups excluding carboxylic acids is 8. The summed E-state index contributed by atoms with van der Waals surface area (Å²) in [5.74, 6) is -9.71. The van der Waals surface area contributed by atoms with E-state index in [4.69, 9.17) is 17.2 Å². The minimum absolute atomic E-state index is 0.0116. The number of nitrogens with one attached hydrogen (secondary N) is 8. The third kappa shape index (κ3) is 22.8. The van der Waals surface area contributed by atoms with Crippen LogP contribution >= 0.6 is 11.8 Å². The van der Waals surface area contributed by atoms with Crippen molar-refractivity contribution < 1.29 is 68.4 Å². The number of thioether (sulfide) groups is 1. The van der Waals surface area contributed by atoms with Gasteiger partial charge in [-0.3, -0.25) is 48.1 Å². The van der Waals surface area contributed by atoms with E-state index >= 15 is 0 Å². The van der Waals surface area contributed by atoms with Gasteiger partial charge >= 0.3 is 11.9 Å². The van der Waals surface area contributed by atoms with Crippen molar-refractivity contribution in [2.75, 3.05) is 25.1 Å². The number of aliphatic carboxylic acids is 2. The molecule has 9 atom stereocenters. The highest BCUT2D eigenvalue weighted by Crippen LogP contribution is 2.22. The Morgan fingerprint density at radius 1 is 0.593 bits per heavy atom. The average Bonchev–Trinajstić information content (AvgIpc) is 2.05. The van der Waals surface area contributed by atoms with E-state index in [-0.39, 0.29) is 88.3 Å². The van der Waals surface area contributed by atoms with Crippen LogP contribution in [0.2, 0.25) is 0 Å². The molecule has 18 N–H and O–H groups in total. The number of hydrogen-bond donors (Lipinski definition) is 15. The van der Waals surface area contributed by atoms with Crippen molar-refractivity contribution in [3.8, 4) is 11.5 Å². The standard InChI is InChI=1S/C62H78N14O14S/c1-91-27-24-45(55(83)71-46(29-36-10-4-2-5-11-36)56(84)72-48(33-52(79)80)58(86)75-50(61(89)90)31-37-12-6-3-7-13-37)70-57(85)47(32-40-34-66-35-68-40)73-59(87)51-15-9-26-76(51)60(88)49(30-39-18-22-42(78)23-19-39)74-54(82)44(14-8-25-67-62(64)65)69-53(81)43(63)28-38-16-20-41(77)21-17-38/h2-7,10-13,16-23,34-35,43-51,77-78H,8-9,14-15,24-33,63H2,1H3,(H,66,68)(H,69,81)(H,70,85)(H,71,83)(H,72,84)(H,73,87)(H,74,82)(H,75,86)(H,79,80)(H,89,90)(H4,64,65,67)/t43-,44-,45-,46-,47-,48-,49-,50-,51-/m0/s1. The molecule has 91 heavy (non-hydrogen) atoms. The molecule has 0 bridgehead atoms. The van der Waals surface area contributed by atoms with Crippen molar-refractivity contribution in [3.05, 3.63) is 150 Å². The van der Waals surface area contributed by atoms with E-state index in [1.54, 1.807) is 91.2 Å². The summed E-state index contributed by atoms with van der Waals surface area (Å²) < 4.78 is 0. The molecule has 0 saturated carbocycles. The van der Waals surface area contributed by atoms with Crippen molar-refractivity contribution in [1.29, 1.82) is 0 Å². The molecule has 0 unspecified atom stereocenters. The number of phenolic OH excluding ortho intramolecular Hbond substituents is 2. The molecule has 8 amide bonds. The van der Waals surface area contributed by atoms with Gasteiger partial charge in [0, 0.05) is 50.7 Å². The molecule has 0 radical (unpaired) electrons. The molecule has 1 aliphatic heterocycles. The van der Waals surface area contributed by atoms with Gasteiger partial charge in [-0.15, -0.1) is 0 Å². The van der Waals surface area contributed by atoms with Gasteiger partial charge in [-0.2, -0.15) is 11.8 Å². The van der Waals surface area contributed by atoms with Gasteiger partial charge in [0.2, 0.25) is 47.3 Å². The number of aromatic hydroxyl groups is 2. The Morgan fingerprint density at radius 3 is 1.62 bits per heavy atom. The second-order valence-electron chi connectivity index (χ2n) is 21.8. The largest absolute Gasteiger partial charge is 0.508 e. The number of rotatable bonds is 35. The predicted octanol–water partition coefficient (Wildman–Crippen LogP) is -0.588. The molecular weight excluding hydrogens is 1200 g/mol. The fourth-order valence-electron chi connectivity index (χ4n) is 10.1. The first kappa shape index (κ1) is 70.1. The third-order valence-corrected chi connectivity index (χ3v) is 15.5. The Hall–Kier alpha value is -10.0. The van der Waals surface area contributed by atoms with Crippen LogP contribution in [0, 0.1) is 0 Å². The number of benzene rings is 4. The lowest BCUT2D eigenvalue weighted by molar-refractivity contribution is -0.143. The molecule has 4 aromatic carbocycles. The quantitative estimate of drug-likeness (QED) is 0.0137. The number of aromatic nitrogens is 2. The molecule has 28 nitrogen and oxygen atoms in total. The van der Waals surface area contributed by atoms with Crippen LogP contribution in [0.25, 0.3) is 0 Å². The Labute approximate surface area is 528 Å². The summed E-state index contributed by atoms with van der Waals surface area (Å²) in [6.45, 7) is 0.118. The minimum atomic E-state index is -1.81. The summed E-state index contributed by atoms with van der Waals surface area (Å²) in [6.07, 6.45) is 3.49. The minimum Gasteiger partial charge on any atom is -0.508 e. The first-order chi connectivity index (χ1) is 43.6. The monoisotopic (exact) mass is 1270 g/mol. The SMILES string of the molecule is CSCC[C@H](NC(=O)[C@H](Cc1cnc[nH]1)NC(=O)[C@@H]1CCCN1C(=O)[C@H](Cc1ccc(O)cc1)NC(=O)[C@H](CCCN=C(N)N)NC(=O)[C@@H](N)Cc1ccc(O)cc1)C(=O)N[C@@H](Cc1ccccc1)C(=O)N[C@@H](CC(=O)O)C(=O)N[C@@H](Cc1ccccc1)C(=O)O. The van der Waals surface area contributed by atoms with E-state index in [9.17, 15) is 68.4 Å². The molecule has 0 aliphatic carbocycles. The number of imidazole rings is 1. The van der Waals surface area contributed by atoms with Crippen molar-refractivity contribution >= 4 is 76.9 Å². The lowest BCUT2D eigenvalue weighted by Crippen LogP contribution is -2.61. The molecule has 2 heterocycles. The van der Waals surface area contributed by atoms with Crippen LogP contribution in [0.15, 0.2) is 127 Å². The van der Waals surface area contributed by atoms with Crippen LogP contribution in [-0.4, -0.2) is 180 Å². The van der Waals surface area contributed by atoms with E-state index in [1.807, 2.05) is 0 Å². The van der Waals surface area contributed by atoms with E-state index < -0.39 is 120 Å². The predicted molar refractivity (Wildman–Crippen MR) is 335 cm³/mol. The zero-order chi connectivity index (χ0) is 66.0. The highest BCUT2D eigenvalue weighted by molar-refractivity contribution is 7.98. The number of guanidine groups is 1. The molecule has 29 heteroatoms. The summed E-state index contributed by atoms with van der Waals surface area (Å²) in [5.41, 5.74) is 20.0. The fourth-order valence-corrected chi connectivity index (χ4v) is 10.5. The Bertz CT molecular complexity index is 3290. The van der Waals surface area contributed by atoms with Gasteiger partial charge in [0.25, 0.3) is 0 Å². The molecule has 1 aliphatic rings. The lowest BCUT2D eigenvalue weighted by Gasteiger charge is -2.31. The van der Waals surface area contributed by atoms with Crippen molar-refractivity contribution in [3.63, 3.8) is 0 Å². The number of likely N-dealkylation sites (tertiary alicyclic amines) is 1. The second-order valence-corrected chi connectivity index (χ2v) is 22.8. The van der Waals surface area contributed by atoms with Gasteiger partial charge < -0.3 is 84.7 Å². The molecular formula is C62H78N14O14S. The topological polar surface area (TPSA) is 458 Å². The summed E-state index contributed by atoms with van der Waals surface area (Å²) in [6, 6.07) is 16.0. The first-order valence-corrected chi connectivity index (χ1v) is 30.7. The van der Waals surface area contributed by atoms with Crippen LogP contribution in [0.4, 0.5) is 0 Å². The lowest BCUT2D eigenvalue weighted by atomic mass is 10.0. The van der Waals surface area contributed by atoms with Crippen LogP contribution in [-0.2, 0) is 80.0 Å². The molecule has 1 fully saturated rings. The summed E-state index contributed by atoms with van der Waals surface area (Å²) in [4.78, 5) is 152. The van der Waals surface area contributed by atoms with Gasteiger partial charge in [0.1, 0.15) is 59.8 Å². The maximum atomic E-state index is 15.0. The molecule has 6 rings (SSSR count). The summed E-state index contributed by atoms with van der Waals surface area (Å²) in [7, 11) is 0. The smallest absolute Gasteiger partial charge is 0.326 e. The Balaban J connectivity index is 1.22. The zero-order valence-electron chi connectivity index (χ0n) is 50.0. The van der Waals surface area contributed by atoms with E-state index in [0.717, 1.165) is 0 Å². The Morgan fingerprint density at radius 2 is 1.07 bits per heavy atom. The van der Waals surface area contributed by atoms with Crippen LogP contribution < -0.4 is 54.4 Å². The van der Waals surface area contributed by atoms with Crippen LogP contribution in [0.5, 0.6) is 11.5 Å². The number of carboxylic acids is 2. The van der Waals surface area contributed by atoms with Crippen LogP contribution in [0.1, 0.15) is 66.5 Å². The summed E-state index contributed by atoms with van der Waals surface area (Å²) >= 11 is 1.33. The molecule has 1 aromatic heterocycles. The number of nitrogens with zero attached hydrogens (tertiary/aromatic N) is 3. The van der Waals surface area contributed by atoms with Crippen LogP contribution in [0.3, 0.4) is 0 Å². The maximum Gasteiger partial charge on any atom is 0.326 e. The van der Waals surface area contributed by atoms with E-state index in [1.165, 1.54) is 53.5 Å². The van der Waals surface area contributed by atoms with E-state index in [0.29, 0.717) is 40.1 Å². The van der Waals surface area contributed by atoms with Crippen molar-refractivity contribution in [2.24, 2.45) is 22.2 Å². The van der Waals surface area contributed by atoms with Gasteiger partial charge in [-0.1, -0.05) is 84.9 Å². The normalized spacial score (nSPS) is 15.3. The number of aliphatic imine (C=N–C) groups is 1. The fraction of sp³-hybridized carbons (Fsp3) is 0.387. The number of nitrogens with two attached hydrogens (primary N) is 3. The number of aromatic amines is 1. The highest BCUT2D eigenvalue weighted by Gasteiger charge is 2.41. The van der Waals surface area contributed by atoms with Gasteiger partial charge in [0.05, 0.1) is 18.8 Å². The van der Waals surface area contributed by atoms with Gasteiger partial charge in [0.15, 0.2) is 5.96 Å². The number of phenols is 2. The average molecular weight is 1280 g/mol. The molecule has 486 valence electrons. The summed E-state index contributed by atoms with van der Waals surface area (Å²) in [5, 5.41) is 58.0.